The Balaban J connectivity index is 2.60. The second-order valence-electron chi connectivity index (χ2n) is 4.18. The molecule has 1 aromatic carbocycles. The van der Waals surface area contributed by atoms with Gasteiger partial charge in [-0.25, -0.2) is 0 Å². The van der Waals surface area contributed by atoms with Crippen molar-refractivity contribution in [3.63, 3.8) is 0 Å². The summed E-state index contributed by atoms with van der Waals surface area (Å²) < 4.78 is 5.16. The average molecular weight is 265 g/mol. The van der Waals surface area contributed by atoms with Crippen LogP contribution in [-0.2, 0) is 20.9 Å². The number of ether oxygens (including phenoxy) is 1. The van der Waals surface area contributed by atoms with Crippen molar-refractivity contribution < 1.29 is 19.4 Å². The van der Waals surface area contributed by atoms with Crippen molar-refractivity contribution >= 4 is 11.9 Å². The van der Waals surface area contributed by atoms with E-state index in [1.807, 2.05) is 37.3 Å². The maximum atomic E-state index is 11.9. The highest BCUT2D eigenvalue weighted by molar-refractivity contribution is 5.82. The van der Waals surface area contributed by atoms with E-state index < -0.39 is 5.97 Å². The van der Waals surface area contributed by atoms with Gasteiger partial charge in [-0.1, -0.05) is 37.3 Å². The van der Waals surface area contributed by atoms with Crippen LogP contribution in [-0.4, -0.2) is 41.6 Å². The van der Waals surface area contributed by atoms with Crippen LogP contribution in [0.25, 0.3) is 0 Å². The normalized spacial score (nSPS) is 10.2. The zero-order chi connectivity index (χ0) is 14.1. The van der Waals surface area contributed by atoms with Crippen LogP contribution in [0.1, 0.15) is 18.9 Å². The number of amides is 1. The number of nitrogens with zero attached hydrogens (tertiary/aromatic N) is 1. The molecule has 0 radical (unpaired) electrons. The third-order valence-electron chi connectivity index (χ3n) is 2.47. The summed E-state index contributed by atoms with van der Waals surface area (Å²) in [5.74, 6) is -1.33. The van der Waals surface area contributed by atoms with E-state index in [0.29, 0.717) is 6.61 Å². The molecule has 0 unspecified atom stereocenters. The van der Waals surface area contributed by atoms with E-state index >= 15 is 0 Å². The lowest BCUT2D eigenvalue weighted by atomic mass is 10.2. The molecule has 0 spiro atoms. The number of carboxylic acid groups (broad SMARTS) is 1. The van der Waals surface area contributed by atoms with Gasteiger partial charge < -0.3 is 14.7 Å². The summed E-state index contributed by atoms with van der Waals surface area (Å²) in [6, 6.07) is 9.29. The van der Waals surface area contributed by atoms with Gasteiger partial charge in [0.25, 0.3) is 0 Å². The SMILES string of the molecule is CCCOCC(=O)N(CC(=O)O)Cc1ccccc1. The molecule has 104 valence electrons. The Morgan fingerprint density at radius 1 is 1.26 bits per heavy atom. The number of carbonyl (C=O) groups is 2. The maximum Gasteiger partial charge on any atom is 0.323 e. The average Bonchev–Trinajstić information content (AvgIpc) is 2.39. The van der Waals surface area contributed by atoms with Crippen LogP contribution in [0.5, 0.6) is 0 Å². The number of rotatable bonds is 8. The van der Waals surface area contributed by atoms with Crippen molar-refractivity contribution in [3.8, 4) is 0 Å². The highest BCUT2D eigenvalue weighted by Gasteiger charge is 2.17. The van der Waals surface area contributed by atoms with Crippen LogP contribution in [0.3, 0.4) is 0 Å². The second kappa shape index (κ2) is 8.26. The molecule has 0 saturated carbocycles. The van der Waals surface area contributed by atoms with Gasteiger partial charge in [0, 0.05) is 13.2 Å². The Bertz CT molecular complexity index is 405. The molecule has 0 saturated heterocycles. The standard InChI is InChI=1S/C14H19NO4/c1-2-8-19-11-13(16)15(10-14(17)18)9-12-6-4-3-5-7-12/h3-7H,2,8-11H2,1H3,(H,17,18). The van der Waals surface area contributed by atoms with Crippen LogP contribution < -0.4 is 0 Å². The molecule has 0 atom stereocenters. The summed E-state index contributed by atoms with van der Waals surface area (Å²) in [6.07, 6.45) is 0.824. The zero-order valence-corrected chi connectivity index (χ0v) is 11.0. The monoisotopic (exact) mass is 265 g/mol. The summed E-state index contributed by atoms with van der Waals surface area (Å²) in [5.41, 5.74) is 0.896. The third-order valence-corrected chi connectivity index (χ3v) is 2.47. The molecule has 1 amide bonds. The van der Waals surface area contributed by atoms with Gasteiger partial charge in [0.2, 0.25) is 5.91 Å². The van der Waals surface area contributed by atoms with Crippen LogP contribution >= 0.6 is 0 Å². The fourth-order valence-corrected chi connectivity index (χ4v) is 1.59. The number of hydrogen-bond donors (Lipinski definition) is 1. The molecule has 0 heterocycles. The minimum Gasteiger partial charge on any atom is -0.480 e. The zero-order valence-electron chi connectivity index (χ0n) is 11.0. The van der Waals surface area contributed by atoms with Crippen molar-refractivity contribution in [3.05, 3.63) is 35.9 Å². The molecule has 0 aliphatic rings. The van der Waals surface area contributed by atoms with Crippen molar-refractivity contribution in [1.29, 1.82) is 0 Å². The van der Waals surface area contributed by atoms with E-state index in [1.165, 1.54) is 4.90 Å². The predicted molar refractivity (Wildman–Crippen MR) is 70.6 cm³/mol. The Kier molecular flexibility index (Phi) is 6.60. The van der Waals surface area contributed by atoms with Crippen molar-refractivity contribution in [2.75, 3.05) is 19.8 Å². The molecular weight excluding hydrogens is 246 g/mol. The van der Waals surface area contributed by atoms with Crippen molar-refractivity contribution in [2.24, 2.45) is 0 Å². The van der Waals surface area contributed by atoms with Gasteiger partial charge in [0.05, 0.1) is 0 Å². The van der Waals surface area contributed by atoms with Crippen molar-refractivity contribution in [2.45, 2.75) is 19.9 Å². The van der Waals surface area contributed by atoms with Gasteiger partial charge in [0.1, 0.15) is 13.2 Å². The molecule has 0 aromatic heterocycles. The van der Waals surface area contributed by atoms with Gasteiger partial charge in [0.15, 0.2) is 0 Å². The summed E-state index contributed by atoms with van der Waals surface area (Å²) in [6.45, 7) is 2.33. The molecule has 5 heteroatoms. The van der Waals surface area contributed by atoms with E-state index in [9.17, 15) is 9.59 Å². The lowest BCUT2D eigenvalue weighted by Crippen LogP contribution is -2.37. The fourth-order valence-electron chi connectivity index (χ4n) is 1.59. The number of hydrogen-bond acceptors (Lipinski definition) is 3. The number of carboxylic acids is 1. The molecule has 0 bridgehead atoms. The molecule has 1 aromatic rings. The highest BCUT2D eigenvalue weighted by atomic mass is 16.5. The third kappa shape index (κ3) is 6.01. The smallest absolute Gasteiger partial charge is 0.323 e. The van der Waals surface area contributed by atoms with E-state index in [-0.39, 0.29) is 25.6 Å². The first-order valence-electron chi connectivity index (χ1n) is 6.24. The van der Waals surface area contributed by atoms with E-state index in [2.05, 4.69) is 0 Å². The van der Waals surface area contributed by atoms with Crippen LogP contribution in [0.4, 0.5) is 0 Å². The fraction of sp³-hybridized carbons (Fsp3) is 0.429. The summed E-state index contributed by atoms with van der Waals surface area (Å²) in [7, 11) is 0. The lowest BCUT2D eigenvalue weighted by Gasteiger charge is -2.20. The first-order valence-corrected chi connectivity index (χ1v) is 6.24. The van der Waals surface area contributed by atoms with Crippen LogP contribution in [0, 0.1) is 0 Å². The van der Waals surface area contributed by atoms with E-state index in [4.69, 9.17) is 9.84 Å². The van der Waals surface area contributed by atoms with Gasteiger partial charge >= 0.3 is 5.97 Å². The minimum atomic E-state index is -1.03. The minimum absolute atomic E-state index is 0.0754. The van der Waals surface area contributed by atoms with E-state index in [0.717, 1.165) is 12.0 Å². The van der Waals surface area contributed by atoms with Gasteiger partial charge in [-0.2, -0.15) is 0 Å². The first kappa shape index (κ1) is 15.2. The molecule has 1 N–H and O–H groups in total. The number of aliphatic carboxylic acids is 1. The highest BCUT2D eigenvalue weighted by Crippen LogP contribution is 2.05. The molecular formula is C14H19NO4. The van der Waals surface area contributed by atoms with Crippen LogP contribution in [0.2, 0.25) is 0 Å². The molecule has 0 aliphatic carbocycles. The Hall–Kier alpha value is -1.88. The number of carbonyl (C=O) groups excluding carboxylic acids is 1. The molecule has 0 aliphatic heterocycles. The molecule has 19 heavy (non-hydrogen) atoms. The van der Waals surface area contributed by atoms with E-state index in [1.54, 1.807) is 0 Å². The maximum absolute atomic E-state index is 11.9. The van der Waals surface area contributed by atoms with Crippen LogP contribution in [0.15, 0.2) is 30.3 Å². The largest absolute Gasteiger partial charge is 0.480 e. The summed E-state index contributed by atoms with van der Waals surface area (Å²) >= 11 is 0. The predicted octanol–water partition coefficient (Wildman–Crippen LogP) is 1.53. The van der Waals surface area contributed by atoms with Gasteiger partial charge in [-0.15, -0.1) is 0 Å². The lowest BCUT2D eigenvalue weighted by molar-refractivity contribution is -0.147. The second-order valence-corrected chi connectivity index (χ2v) is 4.18. The van der Waals surface area contributed by atoms with Crippen molar-refractivity contribution in [1.82, 2.24) is 4.90 Å². The Labute approximate surface area is 112 Å². The molecule has 1 rings (SSSR count). The van der Waals surface area contributed by atoms with Gasteiger partial charge in [-0.3, -0.25) is 9.59 Å². The Morgan fingerprint density at radius 2 is 1.95 bits per heavy atom. The Morgan fingerprint density at radius 3 is 2.53 bits per heavy atom. The summed E-state index contributed by atoms with van der Waals surface area (Å²) in [5, 5.41) is 8.85. The van der Waals surface area contributed by atoms with Gasteiger partial charge in [-0.05, 0) is 12.0 Å². The topological polar surface area (TPSA) is 66.8 Å². The number of benzene rings is 1. The first-order chi connectivity index (χ1) is 9.13. The molecule has 0 fully saturated rings. The quantitative estimate of drug-likeness (QED) is 0.724. The summed E-state index contributed by atoms with van der Waals surface area (Å²) in [4.78, 5) is 24.0. The molecule has 5 nitrogen and oxygen atoms in total.